The Balaban J connectivity index is 0.00000480. The second-order valence-corrected chi connectivity index (χ2v) is 6.80. The molecule has 2 aromatic rings. The number of hydrogen-bond acceptors (Lipinski definition) is 4. The Kier molecular flexibility index (Phi) is 11.5. The number of aliphatic imine (C=N–C) groups is 1. The van der Waals surface area contributed by atoms with Crippen molar-refractivity contribution < 1.29 is 14.3 Å². The molecule has 0 heterocycles. The molecule has 0 aliphatic heterocycles. The van der Waals surface area contributed by atoms with E-state index in [0.717, 1.165) is 16.9 Å². The van der Waals surface area contributed by atoms with Crippen LogP contribution >= 0.6 is 24.0 Å². The van der Waals surface area contributed by atoms with Crippen molar-refractivity contribution in [3.8, 4) is 11.5 Å². The van der Waals surface area contributed by atoms with Crippen molar-refractivity contribution in [3.05, 3.63) is 48.0 Å². The van der Waals surface area contributed by atoms with Gasteiger partial charge in [0.1, 0.15) is 0 Å². The van der Waals surface area contributed by atoms with Crippen LogP contribution in [0.25, 0.3) is 0 Å². The number of ether oxygens (including phenoxy) is 2. The lowest BCUT2D eigenvalue weighted by molar-refractivity contribution is 0.250. The van der Waals surface area contributed by atoms with E-state index in [-0.39, 0.29) is 36.0 Å². The van der Waals surface area contributed by atoms with Gasteiger partial charge in [0.25, 0.3) is 0 Å². The average Bonchev–Trinajstić information content (AvgIpc) is 2.72. The molecule has 2 rings (SSSR count). The van der Waals surface area contributed by atoms with Gasteiger partial charge in [0.15, 0.2) is 17.5 Å². The Labute approximate surface area is 201 Å². The number of guanidine groups is 1. The van der Waals surface area contributed by atoms with E-state index in [2.05, 4.69) is 26.3 Å². The zero-order valence-electron chi connectivity index (χ0n) is 18.6. The number of halogens is 1. The molecule has 0 aromatic heterocycles. The lowest BCUT2D eigenvalue weighted by Gasteiger charge is -2.15. The zero-order chi connectivity index (χ0) is 21.9. The third-order valence-electron chi connectivity index (χ3n) is 4.04. The summed E-state index contributed by atoms with van der Waals surface area (Å²) in [5.74, 6) is 1.98. The first-order valence-corrected chi connectivity index (χ1v) is 9.90. The molecule has 0 bridgehead atoms. The Hall–Kier alpha value is -2.69. The molecule has 2 aromatic carbocycles. The number of carbonyl (C=O) groups is 1. The van der Waals surface area contributed by atoms with Crippen molar-refractivity contribution in [2.45, 2.75) is 33.4 Å². The smallest absolute Gasteiger partial charge is 0.319 e. The van der Waals surface area contributed by atoms with Crippen LogP contribution < -0.4 is 30.7 Å². The van der Waals surface area contributed by atoms with Crippen LogP contribution in [0.5, 0.6) is 11.5 Å². The number of carbonyl (C=O) groups excluding carboxylic acids is 1. The van der Waals surface area contributed by atoms with Crippen molar-refractivity contribution in [2.24, 2.45) is 4.99 Å². The molecule has 8 nitrogen and oxygen atoms in total. The van der Waals surface area contributed by atoms with Crippen molar-refractivity contribution >= 4 is 47.3 Å². The molecule has 0 atom stereocenters. The number of hydrogen-bond donors (Lipinski definition) is 4. The molecule has 4 N–H and O–H groups in total. The molecule has 9 heteroatoms. The molecule has 0 radical (unpaired) electrons. The van der Waals surface area contributed by atoms with E-state index >= 15 is 0 Å². The van der Waals surface area contributed by atoms with Gasteiger partial charge in [0, 0.05) is 37.1 Å². The fourth-order valence-electron chi connectivity index (χ4n) is 2.66. The molecule has 0 fully saturated rings. The summed E-state index contributed by atoms with van der Waals surface area (Å²) in [5.41, 5.74) is 2.63. The van der Waals surface area contributed by atoms with Crippen molar-refractivity contribution in [3.63, 3.8) is 0 Å². The summed E-state index contributed by atoms with van der Waals surface area (Å²) in [5, 5.41) is 12.1. The van der Waals surface area contributed by atoms with Gasteiger partial charge >= 0.3 is 6.03 Å². The number of rotatable bonds is 8. The fraction of sp³-hybridized carbons (Fsp3) is 0.364. The third kappa shape index (κ3) is 8.91. The largest absolute Gasteiger partial charge is 0.493 e. The first-order valence-electron chi connectivity index (χ1n) is 9.90. The molecule has 0 spiro atoms. The summed E-state index contributed by atoms with van der Waals surface area (Å²) in [4.78, 5) is 16.0. The molecule has 0 saturated heterocycles. The first kappa shape index (κ1) is 26.3. The molecule has 170 valence electrons. The predicted molar refractivity (Wildman–Crippen MR) is 137 cm³/mol. The number of anilines is 2. The van der Waals surface area contributed by atoms with Crippen molar-refractivity contribution in [1.29, 1.82) is 0 Å². The van der Waals surface area contributed by atoms with Crippen LogP contribution in [0.3, 0.4) is 0 Å². The normalized spacial score (nSPS) is 10.7. The van der Waals surface area contributed by atoms with Gasteiger partial charge in [-0.2, -0.15) is 0 Å². The SMILES string of the molecule is CCOc1cc(NC(=NC)NCc2ccc(NC(=O)NC(C)C)cc2)ccc1OC.I. The van der Waals surface area contributed by atoms with Gasteiger partial charge in [-0.05, 0) is 50.6 Å². The van der Waals surface area contributed by atoms with Crippen LogP contribution in [0.15, 0.2) is 47.5 Å². The van der Waals surface area contributed by atoms with Gasteiger partial charge in [0.2, 0.25) is 0 Å². The fourth-order valence-corrected chi connectivity index (χ4v) is 2.66. The van der Waals surface area contributed by atoms with Crippen LogP contribution in [0.2, 0.25) is 0 Å². The predicted octanol–water partition coefficient (Wildman–Crippen LogP) is 4.43. The molecule has 0 unspecified atom stereocenters. The monoisotopic (exact) mass is 541 g/mol. The Morgan fingerprint density at radius 2 is 1.71 bits per heavy atom. The van der Waals surface area contributed by atoms with E-state index in [1.54, 1.807) is 14.2 Å². The molecule has 0 aliphatic rings. The van der Waals surface area contributed by atoms with E-state index in [9.17, 15) is 4.79 Å². The number of nitrogens with one attached hydrogen (secondary N) is 4. The zero-order valence-corrected chi connectivity index (χ0v) is 20.9. The van der Waals surface area contributed by atoms with Crippen molar-refractivity contribution in [2.75, 3.05) is 31.4 Å². The lowest BCUT2D eigenvalue weighted by atomic mass is 10.2. The van der Waals surface area contributed by atoms with E-state index < -0.39 is 0 Å². The summed E-state index contributed by atoms with van der Waals surface area (Å²) >= 11 is 0. The third-order valence-corrected chi connectivity index (χ3v) is 4.04. The average molecular weight is 541 g/mol. The summed E-state index contributed by atoms with van der Waals surface area (Å²) in [6.45, 7) is 6.89. The van der Waals surface area contributed by atoms with E-state index in [4.69, 9.17) is 9.47 Å². The highest BCUT2D eigenvalue weighted by Crippen LogP contribution is 2.30. The maximum absolute atomic E-state index is 11.8. The molecular formula is C22H32IN5O3. The molecule has 0 aliphatic carbocycles. The standard InChI is InChI=1S/C22H31N5O3.HI/c1-6-30-20-13-18(11-12-19(20)29-5)26-21(23-4)24-14-16-7-9-17(10-8-16)27-22(28)25-15(2)3;/h7-13,15H,6,14H2,1-5H3,(H2,23,24,26)(H2,25,27,28);1H. The van der Waals surface area contributed by atoms with E-state index in [1.165, 1.54) is 0 Å². The second-order valence-electron chi connectivity index (χ2n) is 6.80. The van der Waals surface area contributed by atoms with Crippen LogP contribution in [0.1, 0.15) is 26.3 Å². The van der Waals surface area contributed by atoms with Crippen LogP contribution in [-0.2, 0) is 6.54 Å². The van der Waals surface area contributed by atoms with Gasteiger partial charge in [-0.25, -0.2) is 4.79 Å². The topological polar surface area (TPSA) is 96.0 Å². The first-order chi connectivity index (χ1) is 14.4. The number of urea groups is 1. The van der Waals surface area contributed by atoms with E-state index in [1.807, 2.05) is 63.2 Å². The van der Waals surface area contributed by atoms with Gasteiger partial charge < -0.3 is 30.7 Å². The minimum atomic E-state index is -0.216. The molecule has 2 amide bonds. The summed E-state index contributed by atoms with van der Waals surface area (Å²) in [6.07, 6.45) is 0. The maximum Gasteiger partial charge on any atom is 0.319 e. The van der Waals surface area contributed by atoms with E-state index in [0.29, 0.717) is 30.6 Å². The quantitative estimate of drug-likeness (QED) is 0.225. The molecule has 0 saturated carbocycles. The minimum Gasteiger partial charge on any atom is -0.493 e. The Bertz CT molecular complexity index is 857. The lowest BCUT2D eigenvalue weighted by Crippen LogP contribution is -2.34. The minimum absolute atomic E-state index is 0. The highest BCUT2D eigenvalue weighted by Gasteiger charge is 2.07. The molecular weight excluding hydrogens is 509 g/mol. The van der Waals surface area contributed by atoms with Gasteiger partial charge in [0.05, 0.1) is 13.7 Å². The van der Waals surface area contributed by atoms with Crippen LogP contribution in [0, 0.1) is 0 Å². The maximum atomic E-state index is 11.8. The Morgan fingerprint density at radius 1 is 1.03 bits per heavy atom. The summed E-state index contributed by atoms with van der Waals surface area (Å²) in [6, 6.07) is 13.1. The second kappa shape index (κ2) is 13.6. The highest BCUT2D eigenvalue weighted by atomic mass is 127. The molecule has 31 heavy (non-hydrogen) atoms. The van der Waals surface area contributed by atoms with Crippen LogP contribution in [0.4, 0.5) is 16.2 Å². The van der Waals surface area contributed by atoms with Gasteiger partial charge in [-0.15, -0.1) is 24.0 Å². The van der Waals surface area contributed by atoms with Gasteiger partial charge in [-0.1, -0.05) is 12.1 Å². The Morgan fingerprint density at radius 3 is 2.29 bits per heavy atom. The summed E-state index contributed by atoms with van der Waals surface area (Å²) < 4.78 is 10.9. The number of nitrogens with zero attached hydrogens (tertiary/aromatic N) is 1. The van der Waals surface area contributed by atoms with Crippen molar-refractivity contribution in [1.82, 2.24) is 10.6 Å². The summed E-state index contributed by atoms with van der Waals surface area (Å²) in [7, 11) is 3.33. The number of benzene rings is 2. The van der Waals surface area contributed by atoms with Gasteiger partial charge in [-0.3, -0.25) is 4.99 Å². The number of amides is 2. The highest BCUT2D eigenvalue weighted by molar-refractivity contribution is 14.0. The van der Waals surface area contributed by atoms with Crippen LogP contribution in [-0.4, -0.2) is 38.8 Å². The number of methoxy groups -OCH3 is 1.